The van der Waals surface area contributed by atoms with E-state index in [0.717, 1.165) is 43.1 Å². The molecule has 0 bridgehead atoms. The maximum Gasteiger partial charge on any atom is 0.418 e. The van der Waals surface area contributed by atoms with Gasteiger partial charge in [0, 0.05) is 6.20 Å². The SMILES string of the molecule is O=C(NCc1cc(-c2ccccn2)n(C2CCCC2)n1)Nc1ccccc1C(F)(F)F. The van der Waals surface area contributed by atoms with Crippen LogP contribution in [0.1, 0.15) is 43.0 Å². The number of aromatic nitrogens is 3. The number of carbonyl (C=O) groups is 1. The average Bonchev–Trinajstić information content (AvgIpc) is 3.42. The summed E-state index contributed by atoms with van der Waals surface area (Å²) in [5, 5.41) is 9.53. The molecule has 162 valence electrons. The molecule has 2 aromatic heterocycles. The highest BCUT2D eigenvalue weighted by Gasteiger charge is 2.33. The number of para-hydroxylation sites is 1. The summed E-state index contributed by atoms with van der Waals surface area (Å²) in [6.45, 7) is 0.0829. The lowest BCUT2D eigenvalue weighted by Gasteiger charge is -2.14. The zero-order chi connectivity index (χ0) is 21.8. The van der Waals surface area contributed by atoms with Gasteiger partial charge in [0.15, 0.2) is 0 Å². The fraction of sp³-hybridized carbons (Fsp3) is 0.318. The van der Waals surface area contributed by atoms with E-state index >= 15 is 0 Å². The monoisotopic (exact) mass is 429 g/mol. The highest BCUT2D eigenvalue weighted by molar-refractivity contribution is 5.90. The van der Waals surface area contributed by atoms with Crippen LogP contribution in [0.5, 0.6) is 0 Å². The smallest absolute Gasteiger partial charge is 0.332 e. The number of rotatable bonds is 5. The van der Waals surface area contributed by atoms with E-state index in [1.807, 2.05) is 28.9 Å². The van der Waals surface area contributed by atoms with Gasteiger partial charge in [-0.05, 0) is 43.2 Å². The van der Waals surface area contributed by atoms with Crippen LogP contribution in [0.25, 0.3) is 11.4 Å². The first-order valence-corrected chi connectivity index (χ1v) is 10.1. The van der Waals surface area contributed by atoms with Gasteiger partial charge in [-0.3, -0.25) is 9.67 Å². The lowest BCUT2D eigenvalue weighted by atomic mass is 10.1. The van der Waals surface area contributed by atoms with Crippen LogP contribution in [-0.4, -0.2) is 20.8 Å². The molecular formula is C22H22F3N5O. The van der Waals surface area contributed by atoms with Gasteiger partial charge in [-0.15, -0.1) is 0 Å². The summed E-state index contributed by atoms with van der Waals surface area (Å²) in [5.41, 5.74) is 1.09. The standard InChI is InChI=1S/C22H22F3N5O/c23-22(24,25)17-9-3-4-10-18(17)28-21(31)27-14-15-13-20(19-11-5-6-12-26-19)30(29-15)16-7-1-2-8-16/h3-6,9-13,16H,1-2,7-8,14H2,(H2,27,28,31). The van der Waals surface area contributed by atoms with Crippen molar-refractivity contribution < 1.29 is 18.0 Å². The second-order valence-electron chi connectivity index (χ2n) is 7.47. The topological polar surface area (TPSA) is 71.8 Å². The van der Waals surface area contributed by atoms with Crippen LogP contribution in [0.3, 0.4) is 0 Å². The first kappa shape index (κ1) is 20.9. The van der Waals surface area contributed by atoms with Crippen molar-refractivity contribution in [2.75, 3.05) is 5.32 Å². The van der Waals surface area contributed by atoms with Gasteiger partial charge < -0.3 is 10.6 Å². The number of hydrogen-bond donors (Lipinski definition) is 2. The maximum absolute atomic E-state index is 13.1. The van der Waals surface area contributed by atoms with Crippen molar-refractivity contribution in [1.29, 1.82) is 0 Å². The number of amides is 2. The molecule has 31 heavy (non-hydrogen) atoms. The minimum absolute atomic E-state index is 0.0829. The van der Waals surface area contributed by atoms with E-state index in [1.165, 1.54) is 18.2 Å². The summed E-state index contributed by atoms with van der Waals surface area (Å²) < 4.78 is 41.3. The third-order valence-corrected chi connectivity index (χ3v) is 5.29. The number of pyridine rings is 1. The van der Waals surface area contributed by atoms with E-state index in [9.17, 15) is 18.0 Å². The molecule has 0 saturated heterocycles. The summed E-state index contributed by atoms with van der Waals surface area (Å²) in [7, 11) is 0. The largest absolute Gasteiger partial charge is 0.418 e. The molecule has 0 atom stereocenters. The quantitative estimate of drug-likeness (QED) is 0.570. The normalized spacial score (nSPS) is 14.5. The molecule has 9 heteroatoms. The fourth-order valence-corrected chi connectivity index (χ4v) is 3.84. The van der Waals surface area contributed by atoms with Crippen molar-refractivity contribution >= 4 is 11.7 Å². The third kappa shape index (κ3) is 4.87. The molecule has 2 heterocycles. The molecule has 0 radical (unpaired) electrons. The average molecular weight is 429 g/mol. The number of alkyl halides is 3. The minimum Gasteiger partial charge on any atom is -0.332 e. The molecule has 2 amide bonds. The molecule has 1 fully saturated rings. The van der Waals surface area contributed by atoms with Gasteiger partial charge in [-0.1, -0.05) is 31.0 Å². The second-order valence-corrected chi connectivity index (χ2v) is 7.47. The Labute approximate surface area is 177 Å². The first-order chi connectivity index (χ1) is 14.9. The van der Waals surface area contributed by atoms with Gasteiger partial charge in [-0.2, -0.15) is 18.3 Å². The number of halogens is 3. The Bertz CT molecular complexity index is 1040. The molecule has 0 spiro atoms. The minimum atomic E-state index is -4.55. The van der Waals surface area contributed by atoms with Crippen LogP contribution in [-0.2, 0) is 12.7 Å². The number of anilines is 1. The fourth-order valence-electron chi connectivity index (χ4n) is 3.84. The lowest BCUT2D eigenvalue weighted by Crippen LogP contribution is -2.29. The van der Waals surface area contributed by atoms with Gasteiger partial charge in [0.2, 0.25) is 0 Å². The van der Waals surface area contributed by atoms with Gasteiger partial charge in [0.1, 0.15) is 0 Å². The predicted octanol–water partition coefficient (Wildman–Crippen LogP) is 5.40. The molecule has 1 aliphatic carbocycles. The van der Waals surface area contributed by atoms with Crippen LogP contribution in [0.15, 0.2) is 54.7 Å². The highest BCUT2D eigenvalue weighted by Crippen LogP contribution is 2.35. The van der Waals surface area contributed by atoms with E-state index < -0.39 is 17.8 Å². The zero-order valence-corrected chi connectivity index (χ0v) is 16.7. The molecule has 0 aliphatic heterocycles. The van der Waals surface area contributed by atoms with Gasteiger partial charge >= 0.3 is 12.2 Å². The van der Waals surface area contributed by atoms with E-state index in [4.69, 9.17) is 0 Å². The van der Waals surface area contributed by atoms with Crippen molar-refractivity contribution in [1.82, 2.24) is 20.1 Å². The van der Waals surface area contributed by atoms with Crippen LogP contribution < -0.4 is 10.6 Å². The molecule has 0 unspecified atom stereocenters. The Morgan fingerprint density at radius 2 is 1.84 bits per heavy atom. The molecule has 1 aromatic carbocycles. The maximum atomic E-state index is 13.1. The summed E-state index contributed by atoms with van der Waals surface area (Å²) >= 11 is 0. The van der Waals surface area contributed by atoms with Crippen molar-refractivity contribution in [3.8, 4) is 11.4 Å². The summed E-state index contributed by atoms with van der Waals surface area (Å²) in [6, 6.07) is 11.9. The molecular weight excluding hydrogens is 407 g/mol. The number of hydrogen-bond acceptors (Lipinski definition) is 3. The van der Waals surface area contributed by atoms with Crippen LogP contribution >= 0.6 is 0 Å². The number of nitrogens with zero attached hydrogens (tertiary/aromatic N) is 3. The molecule has 3 aromatic rings. The zero-order valence-electron chi connectivity index (χ0n) is 16.7. The Morgan fingerprint density at radius 3 is 2.55 bits per heavy atom. The molecule has 6 nitrogen and oxygen atoms in total. The molecule has 4 rings (SSSR count). The van der Waals surface area contributed by atoms with Crippen LogP contribution in [0.2, 0.25) is 0 Å². The number of urea groups is 1. The Hall–Kier alpha value is -3.36. The van der Waals surface area contributed by atoms with Crippen LogP contribution in [0.4, 0.5) is 23.7 Å². The predicted molar refractivity (Wildman–Crippen MR) is 110 cm³/mol. The summed E-state index contributed by atoms with van der Waals surface area (Å²) in [6.07, 6.45) is 1.50. The number of carbonyl (C=O) groups excluding carboxylic acids is 1. The van der Waals surface area contributed by atoms with Gasteiger partial charge in [0.25, 0.3) is 0 Å². The van der Waals surface area contributed by atoms with E-state index in [-0.39, 0.29) is 18.3 Å². The molecule has 1 aliphatic rings. The molecule has 2 N–H and O–H groups in total. The number of nitrogens with one attached hydrogen (secondary N) is 2. The van der Waals surface area contributed by atoms with Crippen molar-refractivity contribution in [3.63, 3.8) is 0 Å². The van der Waals surface area contributed by atoms with Crippen molar-refractivity contribution in [2.24, 2.45) is 0 Å². The second kappa shape index (κ2) is 8.79. The number of benzene rings is 1. The van der Waals surface area contributed by atoms with Crippen molar-refractivity contribution in [2.45, 2.75) is 44.4 Å². The van der Waals surface area contributed by atoms with E-state index in [1.54, 1.807) is 6.20 Å². The van der Waals surface area contributed by atoms with Crippen molar-refractivity contribution in [3.05, 3.63) is 66.0 Å². The van der Waals surface area contributed by atoms with E-state index in [2.05, 4.69) is 20.7 Å². The summed E-state index contributed by atoms with van der Waals surface area (Å²) in [5.74, 6) is 0. The highest BCUT2D eigenvalue weighted by atomic mass is 19.4. The van der Waals surface area contributed by atoms with Gasteiger partial charge in [0.05, 0.1) is 40.9 Å². The van der Waals surface area contributed by atoms with Gasteiger partial charge in [-0.25, -0.2) is 4.79 Å². The summed E-state index contributed by atoms with van der Waals surface area (Å²) in [4.78, 5) is 16.7. The molecule has 1 saturated carbocycles. The Morgan fingerprint density at radius 1 is 1.10 bits per heavy atom. The lowest BCUT2D eigenvalue weighted by molar-refractivity contribution is -0.136. The Balaban J connectivity index is 1.48. The first-order valence-electron chi connectivity index (χ1n) is 10.1. The van der Waals surface area contributed by atoms with Crippen LogP contribution in [0, 0.1) is 0 Å². The Kier molecular flexibility index (Phi) is 5.92. The third-order valence-electron chi connectivity index (χ3n) is 5.29. The van der Waals surface area contributed by atoms with E-state index in [0.29, 0.717) is 5.69 Å².